The molecule has 108 valence electrons. The van der Waals surface area contributed by atoms with Crippen LogP contribution in [0.4, 0.5) is 0 Å². The molecular formula is C18H18BrNO. The van der Waals surface area contributed by atoms with Crippen LogP contribution in [0.15, 0.2) is 59.1 Å². The summed E-state index contributed by atoms with van der Waals surface area (Å²) in [5.74, 6) is 0.653. The van der Waals surface area contributed by atoms with Gasteiger partial charge in [-0.2, -0.15) is 0 Å². The van der Waals surface area contributed by atoms with Gasteiger partial charge in [0.1, 0.15) is 0 Å². The van der Waals surface area contributed by atoms with Gasteiger partial charge in [0.15, 0.2) is 0 Å². The van der Waals surface area contributed by atoms with Crippen molar-refractivity contribution < 1.29 is 4.79 Å². The molecule has 1 aliphatic rings. The first kappa shape index (κ1) is 14.3. The van der Waals surface area contributed by atoms with Crippen LogP contribution in [0.1, 0.15) is 28.8 Å². The zero-order chi connectivity index (χ0) is 14.7. The molecule has 1 aliphatic carbocycles. The number of benzene rings is 2. The van der Waals surface area contributed by atoms with Gasteiger partial charge in [-0.25, -0.2) is 0 Å². The molecule has 0 heterocycles. The van der Waals surface area contributed by atoms with Gasteiger partial charge in [0.25, 0.3) is 5.91 Å². The quantitative estimate of drug-likeness (QED) is 0.865. The van der Waals surface area contributed by atoms with Crippen molar-refractivity contribution in [2.75, 3.05) is 0 Å². The van der Waals surface area contributed by atoms with Gasteiger partial charge in [-0.1, -0.05) is 46.3 Å². The van der Waals surface area contributed by atoms with Crippen LogP contribution in [0.25, 0.3) is 0 Å². The Balaban J connectivity index is 1.67. The van der Waals surface area contributed by atoms with Gasteiger partial charge < -0.3 is 5.32 Å². The van der Waals surface area contributed by atoms with E-state index in [2.05, 4.69) is 45.5 Å². The first-order chi connectivity index (χ1) is 10.2. The summed E-state index contributed by atoms with van der Waals surface area (Å²) in [4.78, 5) is 12.4. The molecule has 0 spiro atoms. The molecule has 1 N–H and O–H groups in total. The van der Waals surface area contributed by atoms with Gasteiger partial charge >= 0.3 is 0 Å². The maximum Gasteiger partial charge on any atom is 0.251 e. The van der Waals surface area contributed by atoms with Crippen LogP contribution in [-0.4, -0.2) is 11.9 Å². The molecule has 2 aromatic rings. The Labute approximate surface area is 133 Å². The van der Waals surface area contributed by atoms with Crippen LogP contribution in [0.2, 0.25) is 0 Å². The second-order valence-corrected chi connectivity index (χ2v) is 6.53. The highest BCUT2D eigenvalue weighted by atomic mass is 79.9. The zero-order valence-corrected chi connectivity index (χ0v) is 13.3. The van der Waals surface area contributed by atoms with E-state index in [1.54, 1.807) is 0 Å². The van der Waals surface area contributed by atoms with Crippen molar-refractivity contribution in [3.05, 3.63) is 70.2 Å². The minimum Gasteiger partial charge on any atom is -0.349 e. The van der Waals surface area contributed by atoms with E-state index in [1.807, 2.05) is 30.3 Å². The normalized spacial score (nSPS) is 15.5. The maximum absolute atomic E-state index is 12.4. The van der Waals surface area contributed by atoms with Gasteiger partial charge in [0.2, 0.25) is 0 Å². The predicted octanol–water partition coefficient (Wildman–Crippen LogP) is 4.20. The number of halogens is 1. The molecule has 0 aliphatic heterocycles. The van der Waals surface area contributed by atoms with E-state index >= 15 is 0 Å². The fourth-order valence-corrected chi connectivity index (χ4v) is 2.82. The van der Waals surface area contributed by atoms with Crippen LogP contribution in [0.3, 0.4) is 0 Å². The van der Waals surface area contributed by atoms with Gasteiger partial charge in [-0.05, 0) is 55.0 Å². The predicted molar refractivity (Wildman–Crippen MR) is 88.3 cm³/mol. The van der Waals surface area contributed by atoms with Crippen molar-refractivity contribution in [2.45, 2.75) is 25.3 Å². The average molecular weight is 344 g/mol. The lowest BCUT2D eigenvalue weighted by Gasteiger charge is -2.18. The molecule has 1 atom stereocenters. The Bertz CT molecular complexity index is 605. The van der Waals surface area contributed by atoms with E-state index in [1.165, 1.54) is 18.4 Å². The Morgan fingerprint density at radius 1 is 1.10 bits per heavy atom. The van der Waals surface area contributed by atoms with E-state index < -0.39 is 0 Å². The topological polar surface area (TPSA) is 29.1 Å². The lowest BCUT2D eigenvalue weighted by atomic mass is 10.0. The molecule has 0 radical (unpaired) electrons. The Hall–Kier alpha value is -1.61. The van der Waals surface area contributed by atoms with Gasteiger partial charge in [-0.3, -0.25) is 4.79 Å². The molecule has 0 saturated heterocycles. The van der Waals surface area contributed by atoms with Gasteiger partial charge in [0, 0.05) is 16.1 Å². The molecule has 3 rings (SSSR count). The molecule has 1 unspecified atom stereocenters. The number of hydrogen-bond acceptors (Lipinski definition) is 1. The summed E-state index contributed by atoms with van der Waals surface area (Å²) < 4.78 is 0.988. The van der Waals surface area contributed by atoms with Crippen molar-refractivity contribution in [2.24, 2.45) is 5.92 Å². The largest absolute Gasteiger partial charge is 0.349 e. The second-order valence-electron chi connectivity index (χ2n) is 5.61. The zero-order valence-electron chi connectivity index (χ0n) is 11.8. The summed E-state index contributed by atoms with van der Waals surface area (Å²) >= 11 is 3.39. The third-order valence-electron chi connectivity index (χ3n) is 3.91. The Kier molecular flexibility index (Phi) is 4.39. The van der Waals surface area contributed by atoms with Crippen LogP contribution < -0.4 is 5.32 Å². The summed E-state index contributed by atoms with van der Waals surface area (Å²) in [7, 11) is 0. The molecule has 3 heteroatoms. The Morgan fingerprint density at radius 2 is 1.76 bits per heavy atom. The molecule has 1 amide bonds. The summed E-state index contributed by atoms with van der Waals surface area (Å²) in [6, 6.07) is 18.1. The summed E-state index contributed by atoms with van der Waals surface area (Å²) in [6.07, 6.45) is 3.35. The number of nitrogens with one attached hydrogen (secondary N) is 1. The van der Waals surface area contributed by atoms with Crippen molar-refractivity contribution in [1.82, 2.24) is 5.32 Å². The van der Waals surface area contributed by atoms with Crippen molar-refractivity contribution >= 4 is 21.8 Å². The highest BCUT2D eigenvalue weighted by Crippen LogP contribution is 2.34. The molecular weight excluding hydrogens is 326 g/mol. The number of rotatable bonds is 5. The minimum absolute atomic E-state index is 0.0235. The maximum atomic E-state index is 12.4. The summed E-state index contributed by atoms with van der Waals surface area (Å²) in [5, 5.41) is 3.21. The SMILES string of the molecule is O=C(NC(Cc1ccccc1)C1CC1)c1ccc(Br)cc1. The number of carbonyl (C=O) groups excluding carboxylic acids is 1. The van der Waals surface area contributed by atoms with E-state index in [-0.39, 0.29) is 11.9 Å². The number of hydrogen-bond donors (Lipinski definition) is 1. The van der Waals surface area contributed by atoms with Gasteiger partial charge in [0.05, 0.1) is 0 Å². The van der Waals surface area contributed by atoms with Crippen LogP contribution in [0, 0.1) is 5.92 Å². The van der Waals surface area contributed by atoms with Crippen LogP contribution in [0.5, 0.6) is 0 Å². The molecule has 21 heavy (non-hydrogen) atoms. The molecule has 0 aromatic heterocycles. The third kappa shape index (κ3) is 3.94. The lowest BCUT2D eigenvalue weighted by molar-refractivity contribution is 0.0932. The fraction of sp³-hybridized carbons (Fsp3) is 0.278. The Morgan fingerprint density at radius 3 is 2.38 bits per heavy atom. The minimum atomic E-state index is 0.0235. The van der Waals surface area contributed by atoms with E-state index in [4.69, 9.17) is 0 Å². The molecule has 2 aromatic carbocycles. The highest BCUT2D eigenvalue weighted by Gasteiger charge is 2.32. The average Bonchev–Trinajstić information content (AvgIpc) is 3.33. The van der Waals surface area contributed by atoms with E-state index in [0.29, 0.717) is 5.92 Å². The summed E-state index contributed by atoms with van der Waals surface area (Å²) in [6.45, 7) is 0. The second kappa shape index (κ2) is 6.44. The lowest BCUT2D eigenvalue weighted by Crippen LogP contribution is -2.38. The fourth-order valence-electron chi connectivity index (χ4n) is 2.56. The first-order valence-electron chi connectivity index (χ1n) is 7.33. The van der Waals surface area contributed by atoms with Crippen LogP contribution >= 0.6 is 15.9 Å². The molecule has 1 fully saturated rings. The molecule has 1 saturated carbocycles. The summed E-state index contributed by atoms with van der Waals surface area (Å²) in [5.41, 5.74) is 2.00. The highest BCUT2D eigenvalue weighted by molar-refractivity contribution is 9.10. The first-order valence-corrected chi connectivity index (χ1v) is 8.12. The molecule has 0 bridgehead atoms. The van der Waals surface area contributed by atoms with E-state index in [9.17, 15) is 4.79 Å². The number of amides is 1. The monoisotopic (exact) mass is 343 g/mol. The third-order valence-corrected chi connectivity index (χ3v) is 4.44. The number of carbonyl (C=O) groups is 1. The van der Waals surface area contributed by atoms with Crippen molar-refractivity contribution in [3.63, 3.8) is 0 Å². The van der Waals surface area contributed by atoms with Crippen molar-refractivity contribution in [3.8, 4) is 0 Å². The van der Waals surface area contributed by atoms with Crippen LogP contribution in [-0.2, 0) is 6.42 Å². The van der Waals surface area contributed by atoms with E-state index in [0.717, 1.165) is 16.5 Å². The van der Waals surface area contributed by atoms with Gasteiger partial charge in [-0.15, -0.1) is 0 Å². The standard InChI is InChI=1S/C18H18BrNO/c19-16-10-8-15(9-11-16)18(21)20-17(14-6-7-14)12-13-4-2-1-3-5-13/h1-5,8-11,14,17H,6-7,12H2,(H,20,21). The smallest absolute Gasteiger partial charge is 0.251 e. The molecule has 2 nitrogen and oxygen atoms in total. The van der Waals surface area contributed by atoms with Crippen molar-refractivity contribution in [1.29, 1.82) is 0 Å².